The number of aliphatic hydroxyl groups is 1. The highest BCUT2D eigenvalue weighted by Gasteiger charge is 2.29. The quantitative estimate of drug-likeness (QED) is 0.662. The van der Waals surface area contributed by atoms with Crippen LogP contribution >= 0.6 is 0 Å². The van der Waals surface area contributed by atoms with E-state index in [4.69, 9.17) is 15.4 Å². The molecular formula is C7H11N3O2. The van der Waals surface area contributed by atoms with Gasteiger partial charge in [-0.2, -0.15) is 4.98 Å². The van der Waals surface area contributed by atoms with Crippen molar-refractivity contribution in [3.63, 3.8) is 0 Å². The van der Waals surface area contributed by atoms with Crippen LogP contribution in [-0.2, 0) is 0 Å². The first-order chi connectivity index (χ1) is 5.81. The Labute approximate surface area is 69.6 Å². The highest BCUT2D eigenvalue weighted by atomic mass is 16.5. The van der Waals surface area contributed by atoms with Gasteiger partial charge in [0.1, 0.15) is 6.04 Å². The maximum absolute atomic E-state index is 8.70. The van der Waals surface area contributed by atoms with Crippen LogP contribution in [0.25, 0.3) is 0 Å². The second-order valence-electron chi connectivity index (χ2n) is 3.05. The third-order valence-corrected chi connectivity index (χ3v) is 1.91. The molecule has 1 fully saturated rings. The minimum absolute atomic E-state index is 0.160. The molecule has 1 saturated carbocycles. The summed E-state index contributed by atoms with van der Waals surface area (Å²) in [6.07, 6.45) is 2.26. The number of nitrogens with zero attached hydrogens (tertiary/aromatic N) is 2. The lowest BCUT2D eigenvalue weighted by molar-refractivity contribution is 0.236. The molecule has 1 aliphatic carbocycles. The van der Waals surface area contributed by atoms with Crippen LogP contribution in [0.15, 0.2) is 4.52 Å². The van der Waals surface area contributed by atoms with Gasteiger partial charge in [-0.1, -0.05) is 5.16 Å². The van der Waals surface area contributed by atoms with Crippen molar-refractivity contribution in [1.82, 2.24) is 10.1 Å². The van der Waals surface area contributed by atoms with E-state index >= 15 is 0 Å². The summed E-state index contributed by atoms with van der Waals surface area (Å²) in [7, 11) is 0. The van der Waals surface area contributed by atoms with E-state index in [1.165, 1.54) is 0 Å². The summed E-state index contributed by atoms with van der Waals surface area (Å²) in [4.78, 5) is 4.08. The van der Waals surface area contributed by atoms with Crippen LogP contribution in [0.2, 0.25) is 0 Å². The SMILES string of the molecule is NC(CO)c1nc(C2CC2)no1. The molecule has 1 aromatic rings. The zero-order valence-electron chi connectivity index (χ0n) is 6.60. The fourth-order valence-corrected chi connectivity index (χ4v) is 0.983. The summed E-state index contributed by atoms with van der Waals surface area (Å²) in [5.74, 6) is 1.53. The Morgan fingerprint density at radius 1 is 1.67 bits per heavy atom. The molecule has 0 saturated heterocycles. The average molecular weight is 169 g/mol. The smallest absolute Gasteiger partial charge is 0.245 e. The molecule has 5 heteroatoms. The van der Waals surface area contributed by atoms with Crippen molar-refractivity contribution in [2.24, 2.45) is 5.73 Å². The third-order valence-electron chi connectivity index (χ3n) is 1.91. The van der Waals surface area contributed by atoms with E-state index < -0.39 is 6.04 Å². The van der Waals surface area contributed by atoms with E-state index in [1.54, 1.807) is 0 Å². The van der Waals surface area contributed by atoms with Crippen molar-refractivity contribution in [2.75, 3.05) is 6.61 Å². The molecule has 0 aromatic carbocycles. The van der Waals surface area contributed by atoms with E-state index in [0.717, 1.165) is 18.7 Å². The number of hydrogen-bond donors (Lipinski definition) is 2. The molecule has 66 valence electrons. The molecule has 0 radical (unpaired) electrons. The second kappa shape index (κ2) is 2.84. The number of hydrogen-bond acceptors (Lipinski definition) is 5. The van der Waals surface area contributed by atoms with E-state index in [0.29, 0.717) is 11.8 Å². The van der Waals surface area contributed by atoms with Crippen LogP contribution in [0.3, 0.4) is 0 Å². The Hall–Kier alpha value is -0.940. The van der Waals surface area contributed by atoms with Crippen LogP contribution in [0, 0.1) is 0 Å². The highest BCUT2D eigenvalue weighted by molar-refractivity contribution is 5.04. The van der Waals surface area contributed by atoms with Gasteiger partial charge >= 0.3 is 0 Å². The van der Waals surface area contributed by atoms with E-state index in [2.05, 4.69) is 10.1 Å². The average Bonchev–Trinajstić information content (AvgIpc) is 2.83. The van der Waals surface area contributed by atoms with Gasteiger partial charge in [-0.25, -0.2) is 0 Å². The van der Waals surface area contributed by atoms with Crippen LogP contribution in [0.5, 0.6) is 0 Å². The molecular weight excluding hydrogens is 158 g/mol. The fourth-order valence-electron chi connectivity index (χ4n) is 0.983. The maximum atomic E-state index is 8.70. The van der Waals surface area contributed by atoms with Crippen molar-refractivity contribution in [3.05, 3.63) is 11.7 Å². The monoisotopic (exact) mass is 169 g/mol. The number of nitrogens with two attached hydrogens (primary N) is 1. The maximum Gasteiger partial charge on any atom is 0.245 e. The van der Waals surface area contributed by atoms with Gasteiger partial charge in [0.25, 0.3) is 0 Å². The van der Waals surface area contributed by atoms with Gasteiger partial charge in [0.05, 0.1) is 6.61 Å². The molecule has 12 heavy (non-hydrogen) atoms. The molecule has 0 spiro atoms. The first-order valence-electron chi connectivity index (χ1n) is 4.01. The van der Waals surface area contributed by atoms with Crippen molar-refractivity contribution >= 4 is 0 Å². The lowest BCUT2D eigenvalue weighted by atomic mass is 10.3. The minimum Gasteiger partial charge on any atom is -0.394 e. The molecule has 1 aromatic heterocycles. The van der Waals surface area contributed by atoms with Crippen molar-refractivity contribution < 1.29 is 9.63 Å². The Bertz CT molecular complexity index is 269. The molecule has 0 amide bonds. The molecule has 0 aliphatic heterocycles. The van der Waals surface area contributed by atoms with E-state index in [1.807, 2.05) is 0 Å². The number of aliphatic hydroxyl groups excluding tert-OH is 1. The lowest BCUT2D eigenvalue weighted by Crippen LogP contribution is -2.14. The van der Waals surface area contributed by atoms with E-state index in [9.17, 15) is 0 Å². The lowest BCUT2D eigenvalue weighted by Gasteiger charge is -1.98. The Morgan fingerprint density at radius 2 is 2.42 bits per heavy atom. The van der Waals surface area contributed by atoms with Crippen molar-refractivity contribution in [2.45, 2.75) is 24.8 Å². The summed E-state index contributed by atoms with van der Waals surface area (Å²) >= 11 is 0. The molecule has 5 nitrogen and oxygen atoms in total. The van der Waals surface area contributed by atoms with Crippen LogP contribution < -0.4 is 5.73 Å². The Morgan fingerprint density at radius 3 is 3.00 bits per heavy atom. The third kappa shape index (κ3) is 1.33. The van der Waals surface area contributed by atoms with Gasteiger partial charge in [-0.15, -0.1) is 0 Å². The van der Waals surface area contributed by atoms with Gasteiger partial charge < -0.3 is 15.4 Å². The summed E-state index contributed by atoms with van der Waals surface area (Å²) in [5, 5.41) is 12.5. The minimum atomic E-state index is -0.537. The summed E-state index contributed by atoms with van der Waals surface area (Å²) in [6, 6.07) is -0.537. The Kier molecular flexibility index (Phi) is 1.82. The molecule has 1 aliphatic rings. The molecule has 1 unspecified atom stereocenters. The number of aromatic nitrogens is 2. The molecule has 1 heterocycles. The summed E-state index contributed by atoms with van der Waals surface area (Å²) in [5.41, 5.74) is 5.48. The molecule has 1 atom stereocenters. The first kappa shape index (κ1) is 7.70. The van der Waals surface area contributed by atoms with Gasteiger partial charge in [-0.05, 0) is 12.8 Å². The van der Waals surface area contributed by atoms with Crippen molar-refractivity contribution in [1.29, 1.82) is 0 Å². The zero-order chi connectivity index (χ0) is 8.55. The first-order valence-corrected chi connectivity index (χ1v) is 4.01. The van der Waals surface area contributed by atoms with Crippen LogP contribution in [-0.4, -0.2) is 21.9 Å². The standard InChI is InChI=1S/C7H11N3O2/c8-5(3-11)7-9-6(10-12-7)4-1-2-4/h4-5,11H,1-3,8H2. The van der Waals surface area contributed by atoms with Gasteiger partial charge in [0, 0.05) is 5.92 Å². The predicted octanol–water partition coefficient (Wildman–Crippen LogP) is -0.0609. The molecule has 0 bridgehead atoms. The van der Waals surface area contributed by atoms with Crippen LogP contribution in [0.4, 0.5) is 0 Å². The normalized spacial score (nSPS) is 19.5. The fraction of sp³-hybridized carbons (Fsp3) is 0.714. The summed E-state index contributed by atoms with van der Waals surface area (Å²) in [6.45, 7) is -0.160. The van der Waals surface area contributed by atoms with Crippen LogP contribution in [0.1, 0.15) is 36.5 Å². The molecule has 2 rings (SSSR count). The Balaban J connectivity index is 2.12. The largest absolute Gasteiger partial charge is 0.394 e. The summed E-state index contributed by atoms with van der Waals surface area (Å²) < 4.78 is 4.87. The van der Waals surface area contributed by atoms with Gasteiger partial charge in [0.2, 0.25) is 5.89 Å². The van der Waals surface area contributed by atoms with Gasteiger partial charge in [-0.3, -0.25) is 0 Å². The molecule has 3 N–H and O–H groups in total. The van der Waals surface area contributed by atoms with E-state index in [-0.39, 0.29) is 6.61 Å². The topological polar surface area (TPSA) is 85.2 Å². The van der Waals surface area contributed by atoms with Crippen molar-refractivity contribution in [3.8, 4) is 0 Å². The highest BCUT2D eigenvalue weighted by Crippen LogP contribution is 2.38. The second-order valence-corrected chi connectivity index (χ2v) is 3.05. The zero-order valence-corrected chi connectivity index (χ0v) is 6.60. The predicted molar refractivity (Wildman–Crippen MR) is 40.3 cm³/mol. The number of rotatable bonds is 3. The van der Waals surface area contributed by atoms with Gasteiger partial charge in [0.15, 0.2) is 5.82 Å².